The molecule has 26 heavy (non-hydrogen) atoms. The van der Waals surface area contributed by atoms with E-state index in [1.54, 1.807) is 20.8 Å². The molecule has 146 valence electrons. The van der Waals surface area contributed by atoms with Gasteiger partial charge in [-0.3, -0.25) is 0 Å². The molecule has 1 atom stereocenters. The van der Waals surface area contributed by atoms with Crippen LogP contribution in [0.15, 0.2) is 21.5 Å². The van der Waals surface area contributed by atoms with Gasteiger partial charge in [0.1, 0.15) is 22.1 Å². The zero-order chi connectivity index (χ0) is 19.7. The third kappa shape index (κ3) is 5.14. The molecule has 10 heteroatoms. The summed E-state index contributed by atoms with van der Waals surface area (Å²) >= 11 is 2.87. The number of sulfonamides is 1. The summed E-state index contributed by atoms with van der Waals surface area (Å²) < 4.78 is 59.0. The van der Waals surface area contributed by atoms with Crippen molar-refractivity contribution in [3.63, 3.8) is 0 Å². The topological polar surface area (TPSA) is 75.7 Å². The number of carbonyl (C=O) groups is 1. The van der Waals surface area contributed by atoms with Crippen LogP contribution >= 0.6 is 15.9 Å². The van der Waals surface area contributed by atoms with Crippen molar-refractivity contribution in [3.8, 4) is 0 Å². The first-order chi connectivity index (χ1) is 11.9. The zero-order valence-electron chi connectivity index (χ0n) is 14.7. The predicted octanol–water partition coefficient (Wildman–Crippen LogP) is 3.41. The number of nitrogens with zero attached hydrogens (tertiary/aromatic N) is 1. The molecule has 1 aliphatic heterocycles. The van der Waals surface area contributed by atoms with Crippen molar-refractivity contribution < 1.29 is 26.7 Å². The Morgan fingerprint density at radius 2 is 1.96 bits per heavy atom. The summed E-state index contributed by atoms with van der Waals surface area (Å²) in [7, 11) is -4.17. The number of hydrogen-bond donors (Lipinski definition) is 1. The van der Waals surface area contributed by atoms with E-state index in [0.29, 0.717) is 18.9 Å². The van der Waals surface area contributed by atoms with Gasteiger partial charge in [-0.1, -0.05) is 0 Å². The number of amides is 1. The number of rotatable bonds is 3. The Labute approximate surface area is 160 Å². The molecular formula is C16H21BrF2N2O4S. The second kappa shape index (κ2) is 7.77. The summed E-state index contributed by atoms with van der Waals surface area (Å²) in [5.41, 5.74) is -0.673. The number of nitrogens with one attached hydrogen (secondary N) is 1. The molecule has 1 aromatic rings. The highest BCUT2D eigenvalue weighted by atomic mass is 79.9. The Hall–Kier alpha value is -1.26. The van der Waals surface area contributed by atoms with Crippen molar-refractivity contribution in [2.75, 3.05) is 13.1 Å². The van der Waals surface area contributed by atoms with Gasteiger partial charge in [0, 0.05) is 25.2 Å². The van der Waals surface area contributed by atoms with E-state index in [2.05, 4.69) is 21.2 Å². The SMILES string of the molecule is CC(C)(C)OC(=O)N[C@@H]1CCCN(S(=O)(=O)c2cc(Br)c(F)cc2F)C1. The van der Waals surface area contributed by atoms with Crippen LogP contribution in [0.3, 0.4) is 0 Å². The summed E-state index contributed by atoms with van der Waals surface area (Å²) in [4.78, 5) is 11.3. The number of ether oxygens (including phenoxy) is 1. The van der Waals surface area contributed by atoms with Crippen LogP contribution in [-0.4, -0.2) is 43.5 Å². The molecule has 0 radical (unpaired) electrons. The number of benzene rings is 1. The molecule has 0 unspecified atom stereocenters. The zero-order valence-corrected chi connectivity index (χ0v) is 17.1. The fraction of sp³-hybridized carbons (Fsp3) is 0.562. The predicted molar refractivity (Wildman–Crippen MR) is 95.2 cm³/mol. The monoisotopic (exact) mass is 454 g/mol. The molecule has 6 nitrogen and oxygen atoms in total. The van der Waals surface area contributed by atoms with Gasteiger partial charge >= 0.3 is 6.09 Å². The number of halogens is 3. The van der Waals surface area contributed by atoms with Crippen LogP contribution in [-0.2, 0) is 14.8 Å². The van der Waals surface area contributed by atoms with Crippen molar-refractivity contribution in [1.82, 2.24) is 9.62 Å². The van der Waals surface area contributed by atoms with E-state index in [1.165, 1.54) is 0 Å². The van der Waals surface area contributed by atoms with Gasteiger partial charge in [0.05, 0.1) is 4.47 Å². The quantitative estimate of drug-likeness (QED) is 0.709. The van der Waals surface area contributed by atoms with Gasteiger partial charge in [-0.15, -0.1) is 0 Å². The fourth-order valence-corrected chi connectivity index (χ4v) is 4.68. The summed E-state index contributed by atoms with van der Waals surface area (Å²) in [5, 5.41) is 2.63. The van der Waals surface area contributed by atoms with E-state index < -0.39 is 44.3 Å². The molecular weight excluding hydrogens is 434 g/mol. The highest BCUT2D eigenvalue weighted by Crippen LogP contribution is 2.27. The Morgan fingerprint density at radius 3 is 2.58 bits per heavy atom. The largest absolute Gasteiger partial charge is 0.444 e. The van der Waals surface area contributed by atoms with Gasteiger partial charge in [-0.25, -0.2) is 22.0 Å². The Bertz CT molecular complexity index is 796. The number of piperidine rings is 1. The van der Waals surface area contributed by atoms with Crippen LogP contribution in [0.5, 0.6) is 0 Å². The first-order valence-corrected chi connectivity index (χ1v) is 10.3. The number of alkyl carbamates (subject to hydrolysis) is 1. The highest BCUT2D eigenvalue weighted by molar-refractivity contribution is 9.10. The van der Waals surface area contributed by atoms with Crippen molar-refractivity contribution >= 4 is 32.0 Å². The molecule has 0 bridgehead atoms. The fourth-order valence-electron chi connectivity index (χ4n) is 2.59. The third-order valence-electron chi connectivity index (χ3n) is 3.70. The van der Waals surface area contributed by atoms with Gasteiger partial charge in [0.2, 0.25) is 10.0 Å². The van der Waals surface area contributed by atoms with E-state index in [4.69, 9.17) is 4.74 Å². The minimum Gasteiger partial charge on any atom is -0.444 e. The summed E-state index contributed by atoms with van der Waals surface area (Å²) in [6, 6.07) is 0.975. The molecule has 1 heterocycles. The lowest BCUT2D eigenvalue weighted by atomic mass is 10.1. The average molecular weight is 455 g/mol. The van der Waals surface area contributed by atoms with Crippen molar-refractivity contribution in [2.24, 2.45) is 0 Å². The molecule has 1 saturated heterocycles. The third-order valence-corrected chi connectivity index (χ3v) is 6.19. The first-order valence-electron chi connectivity index (χ1n) is 8.04. The van der Waals surface area contributed by atoms with Crippen LogP contribution in [0, 0.1) is 11.6 Å². The maximum atomic E-state index is 14.0. The lowest BCUT2D eigenvalue weighted by molar-refractivity contribution is 0.0487. The number of hydrogen-bond acceptors (Lipinski definition) is 4. The Kier molecular flexibility index (Phi) is 6.29. The van der Waals surface area contributed by atoms with Crippen LogP contribution < -0.4 is 5.32 Å². The second-order valence-corrected chi connectivity index (χ2v) is 9.81. The van der Waals surface area contributed by atoms with Gasteiger partial charge in [-0.2, -0.15) is 4.31 Å². The Balaban J connectivity index is 2.16. The van der Waals surface area contributed by atoms with Crippen LogP contribution in [0.25, 0.3) is 0 Å². The molecule has 1 aromatic carbocycles. The highest BCUT2D eigenvalue weighted by Gasteiger charge is 2.33. The molecule has 1 N–H and O–H groups in total. The standard InChI is InChI=1S/C16H21BrF2N2O4S/c1-16(2,3)25-15(22)20-10-5-4-6-21(9-10)26(23,24)14-7-11(17)12(18)8-13(14)19/h7-8,10H,4-6,9H2,1-3H3,(H,20,22)/t10-/m1/s1. The van der Waals surface area contributed by atoms with Crippen LogP contribution in [0.1, 0.15) is 33.6 Å². The first kappa shape index (κ1) is 21.0. The van der Waals surface area contributed by atoms with Crippen molar-refractivity contribution in [2.45, 2.75) is 50.2 Å². The molecule has 1 aliphatic rings. The Morgan fingerprint density at radius 1 is 1.31 bits per heavy atom. The molecule has 1 fully saturated rings. The molecule has 0 aliphatic carbocycles. The van der Waals surface area contributed by atoms with Crippen LogP contribution in [0.4, 0.5) is 13.6 Å². The minimum atomic E-state index is -4.17. The summed E-state index contributed by atoms with van der Waals surface area (Å²) in [5.74, 6) is -2.04. The van der Waals surface area contributed by atoms with Gasteiger partial charge in [0.25, 0.3) is 0 Å². The van der Waals surface area contributed by atoms with E-state index in [9.17, 15) is 22.0 Å². The maximum absolute atomic E-state index is 14.0. The van der Waals surface area contributed by atoms with E-state index in [0.717, 1.165) is 10.4 Å². The smallest absolute Gasteiger partial charge is 0.407 e. The molecule has 1 amide bonds. The number of carbonyl (C=O) groups excluding carboxylic acids is 1. The van der Waals surface area contributed by atoms with E-state index in [-0.39, 0.29) is 17.6 Å². The van der Waals surface area contributed by atoms with E-state index >= 15 is 0 Å². The van der Waals surface area contributed by atoms with Crippen molar-refractivity contribution in [1.29, 1.82) is 0 Å². The normalized spacial score (nSPS) is 19.2. The molecule has 2 rings (SSSR count). The van der Waals surface area contributed by atoms with Gasteiger partial charge in [-0.05, 0) is 55.6 Å². The van der Waals surface area contributed by atoms with Crippen LogP contribution in [0.2, 0.25) is 0 Å². The van der Waals surface area contributed by atoms with E-state index in [1.807, 2.05) is 0 Å². The average Bonchev–Trinajstić information content (AvgIpc) is 2.49. The summed E-state index contributed by atoms with van der Waals surface area (Å²) in [6.45, 7) is 5.33. The molecule has 0 aromatic heterocycles. The lowest BCUT2D eigenvalue weighted by Gasteiger charge is -2.33. The maximum Gasteiger partial charge on any atom is 0.407 e. The minimum absolute atomic E-state index is 0.0178. The molecule has 0 spiro atoms. The second-order valence-electron chi connectivity index (χ2n) is 7.05. The lowest BCUT2D eigenvalue weighted by Crippen LogP contribution is -2.50. The van der Waals surface area contributed by atoms with Gasteiger partial charge in [0.15, 0.2) is 0 Å². The summed E-state index contributed by atoms with van der Waals surface area (Å²) in [6.07, 6.45) is 0.419. The van der Waals surface area contributed by atoms with Gasteiger partial charge < -0.3 is 10.1 Å². The molecule has 0 saturated carbocycles. The van der Waals surface area contributed by atoms with Crippen molar-refractivity contribution in [3.05, 3.63) is 28.2 Å².